The fraction of sp³-hybridized carbons (Fsp3) is 0.316. The molecule has 2 heterocycles. The van der Waals surface area contributed by atoms with Crippen LogP contribution in [0.5, 0.6) is 11.5 Å². The van der Waals surface area contributed by atoms with Crippen molar-refractivity contribution in [3.05, 3.63) is 59.7 Å². The van der Waals surface area contributed by atoms with E-state index < -0.39 is 0 Å². The van der Waals surface area contributed by atoms with Crippen LogP contribution in [0, 0.1) is 0 Å². The molecule has 4 rings (SSSR count). The van der Waals surface area contributed by atoms with E-state index in [0.717, 1.165) is 25.8 Å². The third-order valence-electron chi connectivity index (χ3n) is 4.57. The number of amides is 1. The maximum absolute atomic E-state index is 12.9. The lowest BCUT2D eigenvalue weighted by atomic mass is 10.0. The topological polar surface area (TPSA) is 38.8 Å². The first-order valence-corrected chi connectivity index (χ1v) is 8.06. The fourth-order valence-electron chi connectivity index (χ4n) is 3.40. The molecule has 1 atom stereocenters. The molecule has 4 nitrogen and oxygen atoms in total. The monoisotopic (exact) mass is 309 g/mol. The first-order chi connectivity index (χ1) is 11.3. The van der Waals surface area contributed by atoms with Crippen LogP contribution in [0.4, 0.5) is 0 Å². The van der Waals surface area contributed by atoms with Gasteiger partial charge in [-0.05, 0) is 43.0 Å². The maximum Gasteiger partial charge on any atom is 0.254 e. The predicted molar refractivity (Wildman–Crippen MR) is 86.8 cm³/mol. The second-order valence-corrected chi connectivity index (χ2v) is 6.05. The minimum atomic E-state index is 0.0849. The molecule has 2 aromatic carbocycles. The van der Waals surface area contributed by atoms with Crippen LogP contribution in [-0.2, 0) is 6.42 Å². The van der Waals surface area contributed by atoms with E-state index in [4.69, 9.17) is 9.47 Å². The number of ether oxygens (including phenoxy) is 2. The van der Waals surface area contributed by atoms with Crippen molar-refractivity contribution >= 4 is 5.91 Å². The molecular formula is C19H19NO3. The number of carbonyl (C=O) groups excluding carboxylic acids is 1. The average molecular weight is 309 g/mol. The zero-order valence-corrected chi connectivity index (χ0v) is 12.9. The lowest BCUT2D eigenvalue weighted by molar-refractivity contribution is 0.0736. The number of likely N-dealkylation sites (tertiary alicyclic amines) is 1. The van der Waals surface area contributed by atoms with Gasteiger partial charge in [-0.3, -0.25) is 4.79 Å². The predicted octanol–water partition coefficient (Wildman–Crippen LogP) is 3.26. The summed E-state index contributed by atoms with van der Waals surface area (Å²) in [7, 11) is 0. The number of rotatable bonds is 3. The van der Waals surface area contributed by atoms with Crippen molar-refractivity contribution in [1.82, 2.24) is 4.90 Å². The van der Waals surface area contributed by atoms with E-state index in [1.54, 1.807) is 6.07 Å². The standard InChI is InChI=1S/C19H19NO3/c21-19(15-8-9-17-18(12-15)23-13-22-17)20-10-4-7-16(20)11-14-5-2-1-3-6-14/h1-3,5-6,8-9,12,16H,4,7,10-11,13H2. The van der Waals surface area contributed by atoms with Gasteiger partial charge in [0.15, 0.2) is 11.5 Å². The molecule has 1 saturated heterocycles. The molecule has 2 aromatic rings. The minimum Gasteiger partial charge on any atom is -0.454 e. The van der Waals surface area contributed by atoms with Crippen LogP contribution < -0.4 is 9.47 Å². The lowest BCUT2D eigenvalue weighted by Crippen LogP contribution is -2.36. The Morgan fingerprint density at radius 1 is 1.09 bits per heavy atom. The minimum absolute atomic E-state index is 0.0849. The zero-order valence-electron chi connectivity index (χ0n) is 12.9. The van der Waals surface area contributed by atoms with Crippen molar-refractivity contribution in [3.8, 4) is 11.5 Å². The Morgan fingerprint density at radius 2 is 1.91 bits per heavy atom. The van der Waals surface area contributed by atoms with Gasteiger partial charge in [-0.25, -0.2) is 0 Å². The van der Waals surface area contributed by atoms with Crippen molar-refractivity contribution in [2.45, 2.75) is 25.3 Å². The number of carbonyl (C=O) groups is 1. The Labute approximate surface area is 135 Å². The number of hydrogen-bond donors (Lipinski definition) is 0. The van der Waals surface area contributed by atoms with Gasteiger partial charge in [0.25, 0.3) is 5.91 Å². The quantitative estimate of drug-likeness (QED) is 0.873. The molecule has 1 unspecified atom stereocenters. The van der Waals surface area contributed by atoms with Crippen molar-refractivity contribution in [3.63, 3.8) is 0 Å². The molecular weight excluding hydrogens is 290 g/mol. The Hall–Kier alpha value is -2.49. The van der Waals surface area contributed by atoms with Crippen LogP contribution in [0.3, 0.4) is 0 Å². The fourth-order valence-corrected chi connectivity index (χ4v) is 3.40. The van der Waals surface area contributed by atoms with E-state index in [9.17, 15) is 4.79 Å². The first-order valence-electron chi connectivity index (χ1n) is 8.06. The van der Waals surface area contributed by atoms with Crippen LogP contribution in [-0.4, -0.2) is 30.2 Å². The normalized spacial score (nSPS) is 19.1. The largest absolute Gasteiger partial charge is 0.454 e. The van der Waals surface area contributed by atoms with Gasteiger partial charge in [-0.1, -0.05) is 30.3 Å². The third-order valence-corrected chi connectivity index (χ3v) is 4.57. The van der Waals surface area contributed by atoms with Gasteiger partial charge in [0.1, 0.15) is 0 Å². The Bertz CT molecular complexity index is 714. The number of nitrogens with zero attached hydrogens (tertiary/aromatic N) is 1. The molecule has 2 aliphatic heterocycles. The smallest absolute Gasteiger partial charge is 0.254 e. The molecule has 0 aliphatic carbocycles. The summed E-state index contributed by atoms with van der Waals surface area (Å²) in [6, 6.07) is 16.1. The van der Waals surface area contributed by atoms with Crippen LogP contribution in [0.15, 0.2) is 48.5 Å². The highest BCUT2D eigenvalue weighted by molar-refractivity contribution is 5.95. The average Bonchev–Trinajstić information content (AvgIpc) is 3.23. The van der Waals surface area contributed by atoms with Gasteiger partial charge in [0, 0.05) is 18.2 Å². The summed E-state index contributed by atoms with van der Waals surface area (Å²) in [6.45, 7) is 1.05. The molecule has 23 heavy (non-hydrogen) atoms. The van der Waals surface area contributed by atoms with Gasteiger partial charge in [0.2, 0.25) is 6.79 Å². The van der Waals surface area contributed by atoms with Crippen molar-refractivity contribution < 1.29 is 14.3 Å². The second kappa shape index (κ2) is 5.95. The molecule has 1 fully saturated rings. The molecule has 2 aliphatic rings. The molecule has 0 bridgehead atoms. The van der Waals surface area contributed by atoms with E-state index in [2.05, 4.69) is 12.1 Å². The highest BCUT2D eigenvalue weighted by Crippen LogP contribution is 2.33. The van der Waals surface area contributed by atoms with Crippen LogP contribution >= 0.6 is 0 Å². The summed E-state index contributed by atoms with van der Waals surface area (Å²) in [6.07, 6.45) is 3.04. The van der Waals surface area contributed by atoms with Crippen LogP contribution in [0.25, 0.3) is 0 Å². The molecule has 1 amide bonds. The molecule has 0 spiro atoms. The summed E-state index contributed by atoms with van der Waals surface area (Å²) < 4.78 is 10.7. The van der Waals surface area contributed by atoms with Gasteiger partial charge in [-0.15, -0.1) is 0 Å². The highest BCUT2D eigenvalue weighted by Gasteiger charge is 2.30. The Morgan fingerprint density at radius 3 is 2.78 bits per heavy atom. The highest BCUT2D eigenvalue weighted by atomic mass is 16.7. The van der Waals surface area contributed by atoms with Crippen LogP contribution in [0.1, 0.15) is 28.8 Å². The van der Waals surface area contributed by atoms with E-state index in [-0.39, 0.29) is 18.7 Å². The molecule has 0 radical (unpaired) electrons. The molecule has 4 heteroatoms. The molecule has 0 aromatic heterocycles. The summed E-state index contributed by atoms with van der Waals surface area (Å²) in [5.74, 6) is 1.46. The maximum atomic E-state index is 12.9. The van der Waals surface area contributed by atoms with E-state index >= 15 is 0 Å². The Balaban J connectivity index is 1.53. The van der Waals surface area contributed by atoms with Crippen LogP contribution in [0.2, 0.25) is 0 Å². The number of fused-ring (bicyclic) bond motifs is 1. The molecule has 0 saturated carbocycles. The summed E-state index contributed by atoms with van der Waals surface area (Å²) in [5, 5.41) is 0. The summed E-state index contributed by atoms with van der Waals surface area (Å²) >= 11 is 0. The van der Waals surface area contributed by atoms with E-state index in [0.29, 0.717) is 17.1 Å². The number of hydrogen-bond acceptors (Lipinski definition) is 3. The van der Waals surface area contributed by atoms with Gasteiger partial charge in [-0.2, -0.15) is 0 Å². The summed E-state index contributed by atoms with van der Waals surface area (Å²) in [4.78, 5) is 14.9. The summed E-state index contributed by atoms with van der Waals surface area (Å²) in [5.41, 5.74) is 1.96. The molecule has 0 N–H and O–H groups in total. The van der Waals surface area contributed by atoms with Gasteiger partial charge < -0.3 is 14.4 Å². The Kier molecular flexibility index (Phi) is 3.66. The van der Waals surface area contributed by atoms with Gasteiger partial charge >= 0.3 is 0 Å². The van der Waals surface area contributed by atoms with Crippen molar-refractivity contribution in [1.29, 1.82) is 0 Å². The van der Waals surface area contributed by atoms with Crippen molar-refractivity contribution in [2.24, 2.45) is 0 Å². The third kappa shape index (κ3) is 2.77. The number of benzene rings is 2. The van der Waals surface area contributed by atoms with E-state index in [1.807, 2.05) is 35.2 Å². The lowest BCUT2D eigenvalue weighted by Gasteiger charge is -2.25. The SMILES string of the molecule is O=C(c1ccc2c(c1)OCO2)N1CCCC1Cc1ccccc1. The van der Waals surface area contributed by atoms with E-state index in [1.165, 1.54) is 5.56 Å². The second-order valence-electron chi connectivity index (χ2n) is 6.05. The van der Waals surface area contributed by atoms with Crippen molar-refractivity contribution in [2.75, 3.05) is 13.3 Å². The van der Waals surface area contributed by atoms with Gasteiger partial charge in [0.05, 0.1) is 0 Å². The zero-order chi connectivity index (χ0) is 15.6. The molecule has 118 valence electrons. The first kappa shape index (κ1) is 14.1.